The van der Waals surface area contributed by atoms with Gasteiger partial charge >= 0.3 is 0 Å². The van der Waals surface area contributed by atoms with E-state index in [1.54, 1.807) is 19.9 Å². The molecule has 0 saturated carbocycles. The monoisotopic (exact) mass is 431 g/mol. The van der Waals surface area contributed by atoms with E-state index < -0.39 is 11.6 Å². The molecule has 0 heterocycles. The number of aryl methyl sites for hydroxylation is 1. The molecule has 1 amide bonds. The predicted octanol–water partition coefficient (Wildman–Crippen LogP) is 4.35. The van der Waals surface area contributed by atoms with Gasteiger partial charge in [0.25, 0.3) is 0 Å². The molecule has 2 aromatic carbocycles. The highest BCUT2D eigenvalue weighted by Crippen LogP contribution is 2.27. The number of amides is 1. The SMILES string of the molecule is Cc1cccc(Cl)c1CC(=O)N[C@@H](CO)Cc1c(CC(C)(C)O)cccc1C(C)C. The van der Waals surface area contributed by atoms with E-state index in [0.29, 0.717) is 23.8 Å². The normalized spacial score (nSPS) is 12.8. The lowest BCUT2D eigenvalue weighted by Crippen LogP contribution is -2.40. The molecular formula is C25H34ClNO3. The van der Waals surface area contributed by atoms with Crippen molar-refractivity contribution in [2.75, 3.05) is 6.61 Å². The van der Waals surface area contributed by atoms with Crippen molar-refractivity contribution in [2.45, 2.75) is 71.4 Å². The van der Waals surface area contributed by atoms with Crippen molar-refractivity contribution in [1.82, 2.24) is 5.32 Å². The van der Waals surface area contributed by atoms with Crippen LogP contribution in [0.25, 0.3) is 0 Å². The quantitative estimate of drug-likeness (QED) is 0.552. The summed E-state index contributed by atoms with van der Waals surface area (Å²) in [6.45, 7) is 9.59. The van der Waals surface area contributed by atoms with Crippen LogP contribution in [0.5, 0.6) is 0 Å². The van der Waals surface area contributed by atoms with Crippen molar-refractivity contribution in [1.29, 1.82) is 0 Å². The van der Waals surface area contributed by atoms with Gasteiger partial charge < -0.3 is 15.5 Å². The van der Waals surface area contributed by atoms with Gasteiger partial charge in [-0.2, -0.15) is 0 Å². The molecular weight excluding hydrogens is 398 g/mol. The minimum atomic E-state index is -0.843. The largest absolute Gasteiger partial charge is 0.394 e. The second kappa shape index (κ2) is 10.4. The van der Waals surface area contributed by atoms with Gasteiger partial charge in [-0.05, 0) is 67.0 Å². The van der Waals surface area contributed by atoms with Crippen molar-refractivity contribution >= 4 is 17.5 Å². The van der Waals surface area contributed by atoms with E-state index in [4.69, 9.17) is 11.6 Å². The fourth-order valence-corrected chi connectivity index (χ4v) is 4.10. The first-order chi connectivity index (χ1) is 14.0. The minimum Gasteiger partial charge on any atom is -0.394 e. The smallest absolute Gasteiger partial charge is 0.224 e. The molecule has 0 aliphatic heterocycles. The highest BCUT2D eigenvalue weighted by molar-refractivity contribution is 6.31. The van der Waals surface area contributed by atoms with Gasteiger partial charge in [0, 0.05) is 11.4 Å². The van der Waals surface area contributed by atoms with Gasteiger partial charge in [-0.1, -0.05) is 55.8 Å². The number of halogens is 1. The fourth-order valence-electron chi connectivity index (χ4n) is 3.81. The molecule has 0 spiro atoms. The first-order valence-corrected chi connectivity index (χ1v) is 10.9. The van der Waals surface area contributed by atoms with Gasteiger partial charge in [0.15, 0.2) is 0 Å². The summed E-state index contributed by atoms with van der Waals surface area (Å²) in [6, 6.07) is 11.3. The summed E-state index contributed by atoms with van der Waals surface area (Å²) in [5, 5.41) is 23.9. The van der Waals surface area contributed by atoms with Crippen molar-refractivity contribution < 1.29 is 15.0 Å². The summed E-state index contributed by atoms with van der Waals surface area (Å²) in [6.07, 6.45) is 1.18. The molecule has 1 atom stereocenters. The van der Waals surface area contributed by atoms with Crippen molar-refractivity contribution in [3.63, 3.8) is 0 Å². The zero-order chi connectivity index (χ0) is 22.5. The third-order valence-corrected chi connectivity index (χ3v) is 5.63. The van der Waals surface area contributed by atoms with Crippen LogP contribution in [0.4, 0.5) is 0 Å². The summed E-state index contributed by atoms with van der Waals surface area (Å²) < 4.78 is 0. The Morgan fingerprint density at radius 1 is 1.13 bits per heavy atom. The molecule has 0 fully saturated rings. The maximum absolute atomic E-state index is 12.7. The molecule has 4 nitrogen and oxygen atoms in total. The lowest BCUT2D eigenvalue weighted by Gasteiger charge is -2.25. The third-order valence-electron chi connectivity index (χ3n) is 5.28. The van der Waals surface area contributed by atoms with Gasteiger partial charge in [-0.15, -0.1) is 0 Å². The second-order valence-electron chi connectivity index (χ2n) is 8.99. The molecule has 0 bridgehead atoms. The van der Waals surface area contributed by atoms with Crippen LogP contribution in [0.2, 0.25) is 5.02 Å². The lowest BCUT2D eigenvalue weighted by atomic mass is 9.85. The van der Waals surface area contributed by atoms with Crippen molar-refractivity contribution in [2.24, 2.45) is 0 Å². The molecule has 3 N–H and O–H groups in total. The third kappa shape index (κ3) is 6.83. The summed E-state index contributed by atoms with van der Waals surface area (Å²) in [7, 11) is 0. The van der Waals surface area contributed by atoms with Gasteiger partial charge in [0.05, 0.1) is 24.7 Å². The summed E-state index contributed by atoms with van der Waals surface area (Å²) in [5.41, 5.74) is 4.23. The molecule has 0 aromatic heterocycles. The van der Waals surface area contributed by atoms with Crippen LogP contribution in [0.15, 0.2) is 36.4 Å². The number of hydrogen-bond acceptors (Lipinski definition) is 3. The molecule has 0 radical (unpaired) electrons. The van der Waals surface area contributed by atoms with Crippen LogP contribution in [-0.4, -0.2) is 34.4 Å². The Kier molecular flexibility index (Phi) is 8.48. The molecule has 0 aliphatic carbocycles. The lowest BCUT2D eigenvalue weighted by molar-refractivity contribution is -0.121. The predicted molar refractivity (Wildman–Crippen MR) is 123 cm³/mol. The second-order valence-corrected chi connectivity index (χ2v) is 9.40. The van der Waals surface area contributed by atoms with E-state index in [0.717, 1.165) is 22.3 Å². The van der Waals surface area contributed by atoms with Crippen LogP contribution in [0.1, 0.15) is 61.4 Å². The topological polar surface area (TPSA) is 69.6 Å². The number of benzene rings is 2. The summed E-state index contributed by atoms with van der Waals surface area (Å²) in [4.78, 5) is 12.7. The van der Waals surface area contributed by atoms with Crippen LogP contribution >= 0.6 is 11.6 Å². The van der Waals surface area contributed by atoms with E-state index in [2.05, 4.69) is 25.2 Å². The average molecular weight is 432 g/mol. The van der Waals surface area contributed by atoms with Gasteiger partial charge in [-0.3, -0.25) is 4.79 Å². The number of rotatable bonds is 9. The number of hydrogen-bond donors (Lipinski definition) is 3. The Hall–Kier alpha value is -1.88. The van der Waals surface area contributed by atoms with E-state index in [1.165, 1.54) is 5.56 Å². The Morgan fingerprint density at radius 3 is 2.37 bits per heavy atom. The van der Waals surface area contributed by atoms with Gasteiger partial charge in [-0.25, -0.2) is 0 Å². The highest BCUT2D eigenvalue weighted by Gasteiger charge is 2.22. The first-order valence-electron chi connectivity index (χ1n) is 10.5. The minimum absolute atomic E-state index is 0.165. The summed E-state index contributed by atoms with van der Waals surface area (Å²) in [5.74, 6) is 0.124. The van der Waals surface area contributed by atoms with Crippen LogP contribution in [0, 0.1) is 6.92 Å². The summed E-state index contributed by atoms with van der Waals surface area (Å²) >= 11 is 6.26. The van der Waals surface area contributed by atoms with Crippen LogP contribution in [0.3, 0.4) is 0 Å². The maximum atomic E-state index is 12.7. The number of aliphatic hydroxyl groups is 2. The molecule has 30 heavy (non-hydrogen) atoms. The Labute approximate surface area is 185 Å². The number of nitrogens with one attached hydrogen (secondary N) is 1. The highest BCUT2D eigenvalue weighted by atomic mass is 35.5. The zero-order valence-electron chi connectivity index (χ0n) is 18.6. The van der Waals surface area contributed by atoms with Crippen molar-refractivity contribution in [3.8, 4) is 0 Å². The van der Waals surface area contributed by atoms with E-state index >= 15 is 0 Å². The maximum Gasteiger partial charge on any atom is 0.224 e. The molecule has 2 aromatic rings. The first kappa shape index (κ1) is 24.4. The molecule has 0 saturated heterocycles. The van der Waals surface area contributed by atoms with Crippen LogP contribution in [-0.2, 0) is 24.1 Å². The molecule has 5 heteroatoms. The number of carbonyl (C=O) groups is 1. The van der Waals surface area contributed by atoms with E-state index in [1.807, 2.05) is 31.2 Å². The van der Waals surface area contributed by atoms with Crippen LogP contribution < -0.4 is 5.32 Å². The van der Waals surface area contributed by atoms with E-state index in [-0.39, 0.29) is 18.9 Å². The average Bonchev–Trinajstić information content (AvgIpc) is 2.64. The number of carbonyl (C=O) groups excluding carboxylic acids is 1. The molecule has 0 unspecified atom stereocenters. The zero-order valence-corrected chi connectivity index (χ0v) is 19.4. The van der Waals surface area contributed by atoms with E-state index in [9.17, 15) is 15.0 Å². The molecule has 164 valence electrons. The standard InChI is InChI=1S/C25H34ClNO3/c1-16(2)20-10-7-9-18(14-25(4,5)30)22(20)12-19(15-28)27-24(29)13-21-17(3)8-6-11-23(21)26/h6-11,16,19,28,30H,12-15H2,1-5H3,(H,27,29)/t19-/m1/s1. The Morgan fingerprint density at radius 2 is 1.80 bits per heavy atom. The Bertz CT molecular complexity index is 851. The van der Waals surface area contributed by atoms with Gasteiger partial charge in [0.1, 0.15) is 0 Å². The van der Waals surface area contributed by atoms with Crippen molar-refractivity contribution in [3.05, 3.63) is 69.2 Å². The number of aliphatic hydroxyl groups excluding tert-OH is 1. The fraction of sp³-hybridized carbons (Fsp3) is 0.480. The van der Waals surface area contributed by atoms with Gasteiger partial charge in [0.2, 0.25) is 5.91 Å². The molecule has 0 aliphatic rings. The molecule has 2 rings (SSSR count). The Balaban J connectivity index is 2.23.